The van der Waals surface area contributed by atoms with Crippen LogP contribution < -0.4 is 20.1 Å². The molecule has 0 aliphatic rings. The fourth-order valence-electron chi connectivity index (χ4n) is 3.03. The molecule has 0 aliphatic carbocycles. The van der Waals surface area contributed by atoms with Crippen LogP contribution in [-0.2, 0) is 14.8 Å². The number of nitrogens with one attached hydrogen (secondary N) is 1. The van der Waals surface area contributed by atoms with Gasteiger partial charge in [0.1, 0.15) is 5.75 Å². The van der Waals surface area contributed by atoms with E-state index in [4.69, 9.17) is 10.5 Å². The molecule has 9 heteroatoms. The quantitative estimate of drug-likeness (QED) is 0.557. The first-order chi connectivity index (χ1) is 14.2. The number of rotatable bonds is 10. The molecule has 0 heterocycles. The zero-order valence-corrected chi connectivity index (χ0v) is 18.7. The van der Waals surface area contributed by atoms with E-state index in [1.165, 1.54) is 38.3 Å². The number of anilines is 3. The summed E-state index contributed by atoms with van der Waals surface area (Å²) >= 11 is 0. The maximum atomic E-state index is 12.9. The van der Waals surface area contributed by atoms with Crippen molar-refractivity contribution in [3.63, 3.8) is 0 Å². The van der Waals surface area contributed by atoms with E-state index in [0.717, 1.165) is 13.1 Å². The number of carbonyl (C=O) groups is 1. The number of amides is 1. The van der Waals surface area contributed by atoms with Crippen molar-refractivity contribution >= 4 is 33.0 Å². The van der Waals surface area contributed by atoms with Gasteiger partial charge in [-0.05, 0) is 49.5 Å². The summed E-state index contributed by atoms with van der Waals surface area (Å²) in [7, 11) is -2.35. The summed E-state index contributed by atoms with van der Waals surface area (Å²) in [6.45, 7) is 8.36. The number of nitrogens with zero attached hydrogens (tertiary/aromatic N) is 2. The van der Waals surface area contributed by atoms with E-state index < -0.39 is 10.0 Å². The van der Waals surface area contributed by atoms with E-state index in [2.05, 4.69) is 23.5 Å². The van der Waals surface area contributed by atoms with E-state index in [0.29, 0.717) is 35.9 Å². The molecule has 0 unspecified atom stereocenters. The lowest BCUT2D eigenvalue weighted by atomic mass is 10.2. The van der Waals surface area contributed by atoms with Crippen LogP contribution in [-0.4, -0.2) is 52.5 Å². The average molecular weight is 435 g/mol. The maximum absolute atomic E-state index is 12.9. The van der Waals surface area contributed by atoms with Crippen LogP contribution in [0.3, 0.4) is 0 Å². The summed E-state index contributed by atoms with van der Waals surface area (Å²) in [6, 6.07) is 10.8. The summed E-state index contributed by atoms with van der Waals surface area (Å²) in [5.74, 6) is 0.331. The summed E-state index contributed by atoms with van der Waals surface area (Å²) in [4.78, 5) is 16.3. The third-order valence-corrected chi connectivity index (χ3v) is 6.23. The smallest absolute Gasteiger partial charge is 0.261 e. The normalized spacial score (nSPS) is 11.4. The van der Waals surface area contributed by atoms with Crippen LogP contribution in [0, 0.1) is 0 Å². The van der Waals surface area contributed by atoms with E-state index in [-0.39, 0.29) is 10.8 Å². The van der Waals surface area contributed by atoms with E-state index >= 15 is 0 Å². The third kappa shape index (κ3) is 5.87. The molecule has 0 aliphatic heterocycles. The zero-order chi connectivity index (χ0) is 22.3. The van der Waals surface area contributed by atoms with Gasteiger partial charge in [0.15, 0.2) is 0 Å². The van der Waals surface area contributed by atoms with Crippen molar-refractivity contribution in [3.8, 4) is 5.75 Å². The first-order valence-electron chi connectivity index (χ1n) is 9.78. The molecule has 0 saturated heterocycles. The Balaban J connectivity index is 2.42. The highest BCUT2D eigenvalue weighted by molar-refractivity contribution is 7.92. The molecule has 2 aromatic rings. The van der Waals surface area contributed by atoms with Crippen molar-refractivity contribution in [2.45, 2.75) is 25.7 Å². The highest BCUT2D eigenvalue weighted by atomic mass is 32.2. The number of carbonyl (C=O) groups excluding carboxylic acids is 1. The number of methoxy groups -OCH3 is 1. The van der Waals surface area contributed by atoms with Gasteiger partial charge in [0.25, 0.3) is 10.0 Å². The van der Waals surface area contributed by atoms with Crippen LogP contribution in [0.1, 0.15) is 20.8 Å². The number of ether oxygens (including phenoxy) is 1. The molecule has 30 heavy (non-hydrogen) atoms. The molecule has 8 nitrogen and oxygen atoms in total. The number of hydrogen-bond donors (Lipinski definition) is 2. The minimum absolute atomic E-state index is 0.0796. The van der Waals surface area contributed by atoms with Gasteiger partial charge in [0.2, 0.25) is 5.91 Å². The molecule has 164 valence electrons. The van der Waals surface area contributed by atoms with Gasteiger partial charge >= 0.3 is 0 Å². The minimum Gasteiger partial charge on any atom is -0.497 e. The number of nitrogens with two attached hydrogens (primary N) is 1. The van der Waals surface area contributed by atoms with Crippen molar-refractivity contribution < 1.29 is 17.9 Å². The first-order valence-corrected chi connectivity index (χ1v) is 11.3. The van der Waals surface area contributed by atoms with Crippen LogP contribution in [0.2, 0.25) is 0 Å². The van der Waals surface area contributed by atoms with Crippen LogP contribution >= 0.6 is 0 Å². The second kappa shape index (κ2) is 10.3. The Labute approximate surface area is 178 Å². The van der Waals surface area contributed by atoms with Crippen LogP contribution in [0.4, 0.5) is 17.1 Å². The maximum Gasteiger partial charge on any atom is 0.261 e. The lowest BCUT2D eigenvalue weighted by molar-refractivity contribution is -0.116. The molecule has 0 aromatic heterocycles. The molecule has 0 spiro atoms. The molecular weight excluding hydrogens is 404 g/mol. The van der Waals surface area contributed by atoms with Gasteiger partial charge < -0.3 is 20.3 Å². The Morgan fingerprint density at radius 2 is 1.70 bits per heavy atom. The van der Waals surface area contributed by atoms with Crippen molar-refractivity contribution in [1.29, 1.82) is 0 Å². The molecule has 1 amide bonds. The Morgan fingerprint density at radius 3 is 2.23 bits per heavy atom. The summed E-state index contributed by atoms with van der Waals surface area (Å²) in [6.07, 6.45) is 0. The van der Waals surface area contributed by atoms with E-state index in [9.17, 15) is 13.2 Å². The molecule has 3 N–H and O–H groups in total. The standard InChI is InChI=1S/C21H30N4O4S/c1-5-24(6-2)13-14-25(16(3)26)21-15-18(29-4)9-12-20(21)23-30(27,28)19-10-7-17(22)8-11-19/h7-12,15,23H,5-6,13-14,22H2,1-4H3. The fraction of sp³-hybridized carbons (Fsp3) is 0.381. The van der Waals surface area contributed by atoms with Crippen molar-refractivity contribution in [3.05, 3.63) is 42.5 Å². The Hall–Kier alpha value is -2.78. The monoisotopic (exact) mass is 434 g/mol. The van der Waals surface area contributed by atoms with E-state index in [1.807, 2.05) is 0 Å². The molecule has 0 saturated carbocycles. The predicted molar refractivity (Wildman–Crippen MR) is 120 cm³/mol. The molecule has 2 aromatic carbocycles. The SMILES string of the molecule is CCN(CC)CCN(C(C)=O)c1cc(OC)ccc1NS(=O)(=O)c1ccc(N)cc1. The predicted octanol–water partition coefficient (Wildman–Crippen LogP) is 2.77. The highest BCUT2D eigenvalue weighted by Gasteiger charge is 2.21. The molecule has 0 atom stereocenters. The average Bonchev–Trinajstić information content (AvgIpc) is 2.72. The number of sulfonamides is 1. The molecule has 0 bridgehead atoms. The van der Waals surface area contributed by atoms with Crippen molar-refractivity contribution in [1.82, 2.24) is 4.90 Å². The zero-order valence-electron chi connectivity index (χ0n) is 17.9. The topological polar surface area (TPSA) is 105 Å². The van der Waals surface area contributed by atoms with Crippen molar-refractivity contribution in [2.24, 2.45) is 0 Å². The Bertz CT molecular complexity index is 957. The molecule has 2 rings (SSSR count). The van der Waals surface area contributed by atoms with Gasteiger partial charge in [-0.2, -0.15) is 0 Å². The second-order valence-corrected chi connectivity index (χ2v) is 8.44. The molecule has 0 radical (unpaired) electrons. The van der Waals surface area contributed by atoms with Gasteiger partial charge in [-0.15, -0.1) is 0 Å². The first kappa shape index (κ1) is 23.5. The van der Waals surface area contributed by atoms with Gasteiger partial charge in [-0.1, -0.05) is 13.8 Å². The number of nitrogen functional groups attached to an aromatic ring is 1. The highest BCUT2D eigenvalue weighted by Crippen LogP contribution is 2.32. The lowest BCUT2D eigenvalue weighted by Crippen LogP contribution is -2.38. The second-order valence-electron chi connectivity index (χ2n) is 6.76. The Morgan fingerprint density at radius 1 is 1.07 bits per heavy atom. The summed E-state index contributed by atoms with van der Waals surface area (Å²) in [5, 5.41) is 0. The summed E-state index contributed by atoms with van der Waals surface area (Å²) < 4.78 is 33.6. The van der Waals surface area contributed by atoms with Crippen LogP contribution in [0.25, 0.3) is 0 Å². The Kier molecular flexibility index (Phi) is 8.08. The van der Waals surface area contributed by atoms with Crippen LogP contribution in [0.5, 0.6) is 5.75 Å². The van der Waals surface area contributed by atoms with E-state index in [1.54, 1.807) is 23.1 Å². The molecular formula is C21H30N4O4S. The lowest BCUT2D eigenvalue weighted by Gasteiger charge is -2.27. The van der Waals surface area contributed by atoms with Gasteiger partial charge in [-0.25, -0.2) is 8.42 Å². The molecule has 0 fully saturated rings. The van der Waals surface area contributed by atoms with Crippen LogP contribution in [0.15, 0.2) is 47.4 Å². The number of benzene rings is 2. The number of hydrogen-bond acceptors (Lipinski definition) is 6. The van der Waals surface area contributed by atoms with Crippen molar-refractivity contribution in [2.75, 3.05) is 48.6 Å². The van der Waals surface area contributed by atoms with Gasteiger partial charge in [-0.3, -0.25) is 9.52 Å². The largest absolute Gasteiger partial charge is 0.497 e. The third-order valence-electron chi connectivity index (χ3n) is 4.84. The summed E-state index contributed by atoms with van der Waals surface area (Å²) in [5.41, 5.74) is 6.86. The fourth-order valence-corrected chi connectivity index (χ4v) is 4.10. The number of likely N-dealkylation sites (N-methyl/N-ethyl adjacent to an activating group) is 1. The minimum atomic E-state index is -3.87. The van der Waals surface area contributed by atoms with Gasteiger partial charge in [0.05, 0.1) is 23.4 Å². The van der Waals surface area contributed by atoms with Gasteiger partial charge in [0, 0.05) is 31.8 Å².